The fraction of sp³-hybridized carbons (Fsp3) is 1.00. The van der Waals surface area contributed by atoms with Gasteiger partial charge in [0.2, 0.25) is 0 Å². The number of hydrogen-bond donors (Lipinski definition) is 0. The van der Waals surface area contributed by atoms with Gasteiger partial charge in [0.1, 0.15) is 0 Å². The van der Waals surface area contributed by atoms with Crippen molar-refractivity contribution in [3.05, 3.63) is 0 Å². The van der Waals surface area contributed by atoms with E-state index in [-0.39, 0.29) is 57.1 Å². The van der Waals surface area contributed by atoms with Crippen molar-refractivity contribution in [3.8, 4) is 0 Å². The molecule has 0 aromatic carbocycles. The van der Waals surface area contributed by atoms with Gasteiger partial charge in [0.25, 0.3) is 0 Å². The molecule has 0 rings (SSSR count). The monoisotopic (exact) mass is 498 g/mol. The molecule has 0 heterocycles. The van der Waals surface area contributed by atoms with Crippen LogP contribution in [0.15, 0.2) is 0 Å². The van der Waals surface area contributed by atoms with Crippen LogP contribution in [0, 0.1) is 0 Å². The summed E-state index contributed by atoms with van der Waals surface area (Å²) in [6.45, 7) is 2.14. The van der Waals surface area contributed by atoms with E-state index < -0.39 is 0 Å². The summed E-state index contributed by atoms with van der Waals surface area (Å²) >= 11 is 0. The van der Waals surface area contributed by atoms with Gasteiger partial charge in [-0.1, -0.05) is 14.0 Å². The van der Waals surface area contributed by atoms with Crippen LogP contribution in [0.25, 0.3) is 0 Å². The number of hydrogen-bond acceptors (Lipinski definition) is 0. The summed E-state index contributed by atoms with van der Waals surface area (Å²) < 4.78 is 0. The maximum atomic E-state index is 2.14. The van der Waals surface area contributed by atoms with Crippen molar-refractivity contribution >= 4 is 126 Å². The molecule has 0 aliphatic carbocycles. The van der Waals surface area contributed by atoms with Gasteiger partial charge in [-0.05, 0) is 126 Å². The Balaban J connectivity index is -0.0000000321. The van der Waals surface area contributed by atoms with E-state index in [1.165, 1.54) is 10.2 Å². The molecular formula is C2H40ClLiSi14. The van der Waals surface area contributed by atoms with Crippen LogP contribution in [0.2, 0.25) is 6.55 Å². The SMILES string of the molecule is C.C[SiH3].[Cl-].[Li+].[SiH3][Si]([SiH3])([SiH3])[SiH3].[SiH3][Si]([SiH3])([SiH3])[Si]([SiH3])([SiH3])[SiH3]. The minimum Gasteiger partial charge on any atom is -1.00 e. The van der Waals surface area contributed by atoms with Gasteiger partial charge in [-0.3, -0.25) is 0 Å². The fourth-order valence-electron chi connectivity index (χ4n) is 0. The van der Waals surface area contributed by atoms with Gasteiger partial charge in [0, 0.05) is 0 Å². The zero-order valence-corrected chi connectivity index (χ0v) is 40.6. The van der Waals surface area contributed by atoms with Crippen LogP contribution in [0.4, 0.5) is 0 Å². The second-order valence-electron chi connectivity index (χ2n) is 7.50. The van der Waals surface area contributed by atoms with E-state index in [0.717, 1.165) is 0 Å². The van der Waals surface area contributed by atoms with Crippen molar-refractivity contribution in [3.63, 3.8) is 0 Å². The van der Waals surface area contributed by atoms with Gasteiger partial charge in [-0.15, -0.1) is 0 Å². The molecule has 112 valence electrons. The van der Waals surface area contributed by atoms with Gasteiger partial charge in [0.05, 0.1) is 0 Å². The first-order valence-electron chi connectivity index (χ1n) is 6.25. The van der Waals surface area contributed by atoms with E-state index in [1.54, 1.807) is 97.6 Å². The molecule has 0 aromatic rings. The molecule has 0 atom stereocenters. The summed E-state index contributed by atoms with van der Waals surface area (Å²) in [5.74, 6) is 0. The van der Waals surface area contributed by atoms with Crippen LogP contribution in [0.3, 0.4) is 0 Å². The van der Waals surface area contributed by atoms with E-state index in [1.807, 2.05) is 0 Å². The van der Waals surface area contributed by atoms with Crippen LogP contribution < -0.4 is 31.3 Å². The maximum Gasteiger partial charge on any atom is 1.00 e. The largest absolute Gasteiger partial charge is 1.00 e. The first-order chi connectivity index (χ1) is 6.25. The first-order valence-corrected chi connectivity index (χ1v) is 50.2. The Bertz CT molecular complexity index is 123. The van der Waals surface area contributed by atoms with E-state index >= 15 is 0 Å². The minimum absolute atomic E-state index is 0. The summed E-state index contributed by atoms with van der Waals surface area (Å²) in [5, 5.41) is 0. The minimum atomic E-state index is -0.118. The van der Waals surface area contributed by atoms with E-state index in [2.05, 4.69) is 6.55 Å². The summed E-state index contributed by atoms with van der Waals surface area (Å²) in [7, 11) is 18.1. The van der Waals surface area contributed by atoms with Crippen LogP contribution in [-0.4, -0.2) is 126 Å². The van der Waals surface area contributed by atoms with Crippen molar-refractivity contribution in [2.45, 2.75) is 14.0 Å². The molecule has 18 heavy (non-hydrogen) atoms. The van der Waals surface area contributed by atoms with Crippen LogP contribution in [0.5, 0.6) is 0 Å². The Hall–Kier alpha value is 3.92. The number of rotatable bonds is 1. The van der Waals surface area contributed by atoms with Gasteiger partial charge >= 0.3 is 18.9 Å². The zero-order chi connectivity index (χ0) is 13.5. The second-order valence-corrected chi connectivity index (χ2v) is 202. The summed E-state index contributed by atoms with van der Waals surface area (Å²) in [5.41, 5.74) is 0. The first kappa shape index (κ1) is 37.9. The molecule has 0 saturated carbocycles. The third-order valence-electron chi connectivity index (χ3n) is 2.25. The molecule has 0 radical (unpaired) electrons. The molecule has 0 N–H and O–H groups in total. The van der Waals surface area contributed by atoms with Crippen molar-refractivity contribution in [2.75, 3.05) is 0 Å². The molecule has 0 fully saturated rings. The third kappa shape index (κ3) is 42.7. The van der Waals surface area contributed by atoms with Crippen LogP contribution >= 0.6 is 0 Å². The van der Waals surface area contributed by atoms with Crippen LogP contribution in [0.1, 0.15) is 7.43 Å². The van der Waals surface area contributed by atoms with Crippen molar-refractivity contribution in [2.24, 2.45) is 0 Å². The van der Waals surface area contributed by atoms with E-state index in [9.17, 15) is 0 Å². The average molecular weight is 500 g/mol. The molecule has 0 saturated heterocycles. The Morgan fingerprint density at radius 2 is 0.611 bits per heavy atom. The van der Waals surface area contributed by atoms with Gasteiger partial charge in [0.15, 0.2) is 0 Å². The van der Waals surface area contributed by atoms with Gasteiger partial charge in [-0.25, -0.2) is 0 Å². The molecule has 0 bridgehead atoms. The quantitative estimate of drug-likeness (QED) is 0.315. The van der Waals surface area contributed by atoms with Crippen molar-refractivity contribution in [1.29, 1.82) is 0 Å². The zero-order valence-electron chi connectivity index (χ0n) is 14.9. The maximum absolute atomic E-state index is 2.14. The Labute approximate surface area is 169 Å². The van der Waals surface area contributed by atoms with Crippen LogP contribution in [-0.2, 0) is 0 Å². The fourth-order valence-corrected chi connectivity index (χ4v) is 0. The summed E-state index contributed by atoms with van der Waals surface area (Å²) in [6, 6.07) is 0. The van der Waals surface area contributed by atoms with Crippen molar-refractivity contribution in [1.82, 2.24) is 0 Å². The predicted octanol–water partition coefficient (Wildman–Crippen LogP) is -18.9. The van der Waals surface area contributed by atoms with E-state index in [4.69, 9.17) is 0 Å². The Morgan fingerprint density at radius 3 is 0.611 bits per heavy atom. The molecular weight excluding hydrogens is 460 g/mol. The number of halogens is 1. The normalized spacial score (nSPS) is 19.8. The van der Waals surface area contributed by atoms with Gasteiger partial charge < -0.3 is 12.4 Å². The predicted molar refractivity (Wildman–Crippen MR) is 139 cm³/mol. The Morgan fingerprint density at radius 1 is 0.556 bits per heavy atom. The summed E-state index contributed by atoms with van der Waals surface area (Å²) in [4.78, 5) is 0. The third-order valence-corrected chi connectivity index (χ3v) is 182. The molecule has 0 nitrogen and oxygen atoms in total. The molecule has 0 spiro atoms. The molecule has 0 unspecified atom stereocenters. The molecule has 0 amide bonds. The topological polar surface area (TPSA) is 0 Å². The molecule has 16 heteroatoms. The standard InChI is InChI=1S/CH6Si.CH4.ClH.Li.H18Si8.H12Si5/c1-2;;;;1-7(2,3)8(4,5)6;1-5(2,3)4/h1-2H3;1H4;1H;;1-6H3;1-4H3/q;;;+1;;/p-1. The molecule has 0 aromatic heterocycles. The van der Waals surface area contributed by atoms with E-state index in [0.29, 0.717) is 0 Å². The Kier molecular flexibility index (Phi) is 36.3. The molecule has 0 aliphatic rings. The average Bonchev–Trinajstić information content (AvgIpc) is 1.83. The molecule has 0 aliphatic heterocycles. The van der Waals surface area contributed by atoms with Gasteiger partial charge in [-0.2, -0.15) is 0 Å². The second kappa shape index (κ2) is 17.3. The smallest absolute Gasteiger partial charge is 1.00 e. The van der Waals surface area contributed by atoms with Crippen molar-refractivity contribution < 1.29 is 31.3 Å². The summed E-state index contributed by atoms with van der Waals surface area (Å²) in [6.07, 6.45) is -0.292.